The van der Waals surface area contributed by atoms with Gasteiger partial charge >= 0.3 is 0 Å². The van der Waals surface area contributed by atoms with Crippen LogP contribution >= 0.6 is 23.1 Å². The summed E-state index contributed by atoms with van der Waals surface area (Å²) in [6.45, 7) is 13.2. The number of para-hydroxylation sites is 2. The highest BCUT2D eigenvalue weighted by molar-refractivity contribution is 8.03. The zero-order chi connectivity index (χ0) is 31.3. The number of rotatable bonds is 10. The summed E-state index contributed by atoms with van der Waals surface area (Å²) in [5, 5.41) is 2.52. The number of benzene rings is 3. The molecule has 0 bridgehead atoms. The van der Waals surface area contributed by atoms with Crippen LogP contribution in [-0.4, -0.2) is 6.54 Å². The van der Waals surface area contributed by atoms with Gasteiger partial charge in [0.1, 0.15) is 16.2 Å². The molecule has 45 heavy (non-hydrogen) atoms. The van der Waals surface area contributed by atoms with Gasteiger partial charge in [0.25, 0.3) is 5.01 Å². The maximum absolute atomic E-state index is 6.45. The first-order valence-corrected chi connectivity index (χ1v) is 17.8. The highest BCUT2D eigenvalue weighted by Gasteiger charge is 2.25. The molecule has 3 nitrogen and oxygen atoms in total. The number of nitrogens with zero attached hydrogens (tertiary/aromatic N) is 2. The number of allylic oxidation sites excluding steroid dienone is 7. The van der Waals surface area contributed by atoms with Crippen LogP contribution in [0.4, 0.5) is 5.69 Å². The summed E-state index contributed by atoms with van der Waals surface area (Å²) >= 11 is 3.71. The van der Waals surface area contributed by atoms with Crippen LogP contribution in [0.2, 0.25) is 0 Å². The van der Waals surface area contributed by atoms with Gasteiger partial charge < -0.3 is 9.64 Å². The summed E-state index contributed by atoms with van der Waals surface area (Å²) in [6, 6.07) is 21.7. The minimum atomic E-state index is 0.867. The molecule has 1 aromatic heterocycles. The molecule has 0 saturated heterocycles. The Bertz CT molecular complexity index is 1870. The molecule has 0 unspecified atom stereocenters. The average molecular weight is 632 g/mol. The number of fused-ring (bicyclic) bond motifs is 3. The van der Waals surface area contributed by atoms with Gasteiger partial charge in [-0.25, -0.2) is 0 Å². The number of ether oxygens (including phenoxy) is 1. The molecule has 6 rings (SSSR count). The standard InChI is InChI=1S/C40H43N2OS2/c1-6-8-22-41-34-15-11-13-17-37(34)44-40(41)27-32-26-31(33-14-10-12-16-36(33)43-32)20-18-28(3)19-21-39-42(23-9-7-2)35-24-29(4)30(5)25-38(35)45-39/h10-21,24-27H,6-9,22-23H2,1-5H3/q+1. The molecule has 0 atom stereocenters. The van der Waals surface area contributed by atoms with E-state index in [4.69, 9.17) is 4.74 Å². The molecule has 3 heterocycles. The molecule has 3 aromatic carbocycles. The lowest BCUT2D eigenvalue weighted by molar-refractivity contribution is -0.669. The van der Waals surface area contributed by atoms with Crippen molar-refractivity contribution in [1.29, 1.82) is 0 Å². The predicted octanol–water partition coefficient (Wildman–Crippen LogP) is 11.2. The number of thioether (sulfide) groups is 1. The van der Waals surface area contributed by atoms with E-state index in [-0.39, 0.29) is 0 Å². The van der Waals surface area contributed by atoms with Crippen LogP contribution in [0.1, 0.15) is 68.2 Å². The highest BCUT2D eigenvalue weighted by atomic mass is 32.2. The Kier molecular flexibility index (Phi) is 9.77. The number of hydrogen-bond donors (Lipinski definition) is 0. The lowest BCUT2D eigenvalue weighted by Gasteiger charge is -2.20. The first-order valence-electron chi connectivity index (χ1n) is 16.2. The van der Waals surface area contributed by atoms with Gasteiger partial charge in [0, 0.05) is 29.5 Å². The third-order valence-corrected chi connectivity index (χ3v) is 10.7. The summed E-state index contributed by atoms with van der Waals surface area (Å²) in [5.74, 6) is 1.76. The van der Waals surface area contributed by atoms with Gasteiger partial charge in [-0.3, -0.25) is 0 Å². The maximum atomic E-state index is 6.45. The number of unbranched alkanes of at least 4 members (excludes halogenated alkanes) is 2. The topological polar surface area (TPSA) is 16.4 Å². The fourth-order valence-electron chi connectivity index (χ4n) is 5.72. The highest BCUT2D eigenvalue weighted by Crippen LogP contribution is 2.47. The van der Waals surface area contributed by atoms with Gasteiger partial charge in [0.2, 0.25) is 5.52 Å². The van der Waals surface area contributed by atoms with Crippen LogP contribution in [0.3, 0.4) is 0 Å². The quantitative estimate of drug-likeness (QED) is 0.128. The molecule has 230 valence electrons. The Labute approximate surface area is 276 Å². The molecule has 4 aromatic rings. The van der Waals surface area contributed by atoms with E-state index >= 15 is 0 Å². The van der Waals surface area contributed by atoms with Crippen molar-refractivity contribution < 1.29 is 9.30 Å². The number of anilines is 1. The molecule has 0 amide bonds. The molecule has 0 spiro atoms. The van der Waals surface area contributed by atoms with Gasteiger partial charge in [0.05, 0.1) is 16.8 Å². The zero-order valence-corrected chi connectivity index (χ0v) is 28.7. The van der Waals surface area contributed by atoms with Crippen LogP contribution < -0.4 is 14.2 Å². The third-order valence-electron chi connectivity index (χ3n) is 8.46. The van der Waals surface area contributed by atoms with E-state index in [1.807, 2.05) is 29.2 Å². The monoisotopic (exact) mass is 631 g/mol. The molecule has 5 heteroatoms. The van der Waals surface area contributed by atoms with Crippen LogP contribution in [0.25, 0.3) is 21.9 Å². The van der Waals surface area contributed by atoms with E-state index in [0.29, 0.717) is 0 Å². The number of aromatic nitrogens is 1. The van der Waals surface area contributed by atoms with Gasteiger partial charge in [-0.05, 0) is 80.3 Å². The van der Waals surface area contributed by atoms with Crippen molar-refractivity contribution in [2.24, 2.45) is 0 Å². The summed E-state index contributed by atoms with van der Waals surface area (Å²) < 4.78 is 10.2. The Balaban J connectivity index is 1.29. The van der Waals surface area contributed by atoms with Crippen molar-refractivity contribution in [2.75, 3.05) is 11.4 Å². The van der Waals surface area contributed by atoms with Gasteiger partial charge in [-0.2, -0.15) is 4.57 Å². The van der Waals surface area contributed by atoms with Crippen molar-refractivity contribution in [2.45, 2.75) is 71.7 Å². The largest absolute Gasteiger partial charge is 0.456 e. The van der Waals surface area contributed by atoms with Crippen molar-refractivity contribution in [3.05, 3.63) is 129 Å². The molecule has 0 aliphatic carbocycles. The first kappa shape index (κ1) is 31.2. The summed E-state index contributed by atoms with van der Waals surface area (Å²) in [4.78, 5) is 3.86. The average Bonchev–Trinajstić information content (AvgIpc) is 3.56. The first-order chi connectivity index (χ1) is 21.9. The minimum Gasteiger partial charge on any atom is -0.456 e. The Hall–Kier alpha value is -3.80. The predicted molar refractivity (Wildman–Crippen MR) is 195 cm³/mol. The number of thiazole rings is 1. The summed E-state index contributed by atoms with van der Waals surface area (Å²) in [5.41, 5.74) is 8.83. The van der Waals surface area contributed by atoms with Gasteiger partial charge in [0.15, 0.2) is 6.54 Å². The van der Waals surface area contributed by atoms with E-state index in [2.05, 4.69) is 135 Å². The molecule has 2 aliphatic heterocycles. The molecular weight excluding hydrogens is 589 g/mol. The summed E-state index contributed by atoms with van der Waals surface area (Å²) in [7, 11) is 0. The van der Waals surface area contributed by atoms with Crippen molar-refractivity contribution in [1.82, 2.24) is 0 Å². The van der Waals surface area contributed by atoms with E-state index in [1.165, 1.54) is 60.4 Å². The SMILES string of the molecule is CCCCN1/C(=C/C=C(C)\C=C/C2=CC(=Cc3sc4ccccc4[n+]3CCCC)Oc3ccccc32)Sc2cc(C)c(C)cc21. The molecule has 0 radical (unpaired) electrons. The van der Waals surface area contributed by atoms with Gasteiger partial charge in [-0.15, -0.1) is 0 Å². The third kappa shape index (κ3) is 6.90. The number of hydrogen-bond acceptors (Lipinski definition) is 4. The lowest BCUT2D eigenvalue weighted by Crippen LogP contribution is -2.35. The Morgan fingerprint density at radius 1 is 0.956 bits per heavy atom. The zero-order valence-electron chi connectivity index (χ0n) is 27.1. The van der Waals surface area contributed by atoms with Crippen LogP contribution in [0.15, 0.2) is 112 Å². The molecular formula is C40H43N2OS2+. The van der Waals surface area contributed by atoms with E-state index < -0.39 is 0 Å². The molecule has 0 N–H and O–H groups in total. The molecule has 0 saturated carbocycles. The normalized spacial score (nSPS) is 16.5. The summed E-state index contributed by atoms with van der Waals surface area (Å²) in [6.07, 6.45) is 18.1. The van der Waals surface area contributed by atoms with Crippen molar-refractivity contribution in [3.8, 4) is 5.75 Å². The lowest BCUT2D eigenvalue weighted by atomic mass is 10.0. The smallest absolute Gasteiger partial charge is 0.266 e. The second-order valence-corrected chi connectivity index (χ2v) is 14.0. The van der Waals surface area contributed by atoms with Crippen LogP contribution in [-0.2, 0) is 6.54 Å². The fraction of sp³-hybridized carbons (Fsp3) is 0.275. The van der Waals surface area contributed by atoms with Crippen LogP contribution in [0.5, 0.6) is 5.75 Å². The second-order valence-electron chi connectivity index (χ2n) is 11.9. The van der Waals surface area contributed by atoms with E-state index in [9.17, 15) is 0 Å². The number of aryl methyl sites for hydroxylation is 3. The fourth-order valence-corrected chi connectivity index (χ4v) is 8.02. The minimum absolute atomic E-state index is 0.867. The molecule has 2 aliphatic rings. The van der Waals surface area contributed by atoms with E-state index in [0.717, 1.165) is 48.6 Å². The van der Waals surface area contributed by atoms with Crippen molar-refractivity contribution >= 4 is 50.7 Å². The van der Waals surface area contributed by atoms with Crippen LogP contribution in [0, 0.1) is 13.8 Å². The Morgan fingerprint density at radius 3 is 2.58 bits per heavy atom. The van der Waals surface area contributed by atoms with E-state index in [1.54, 1.807) is 0 Å². The second kappa shape index (κ2) is 14.1. The van der Waals surface area contributed by atoms with Gasteiger partial charge in [-0.1, -0.05) is 104 Å². The molecule has 0 fully saturated rings. The Morgan fingerprint density at radius 2 is 1.73 bits per heavy atom. The maximum Gasteiger partial charge on any atom is 0.266 e. The van der Waals surface area contributed by atoms with Crippen molar-refractivity contribution in [3.63, 3.8) is 0 Å².